The van der Waals surface area contributed by atoms with E-state index in [2.05, 4.69) is 11.8 Å². The first-order valence-electron chi connectivity index (χ1n) is 10.7. The van der Waals surface area contributed by atoms with Crippen LogP contribution in [-0.2, 0) is 11.2 Å². The van der Waals surface area contributed by atoms with E-state index in [1.807, 2.05) is 18.2 Å². The van der Waals surface area contributed by atoms with Crippen LogP contribution in [0.15, 0.2) is 42.5 Å². The van der Waals surface area contributed by atoms with E-state index in [4.69, 9.17) is 4.74 Å². The highest BCUT2D eigenvalue weighted by molar-refractivity contribution is 6.21. The predicted molar refractivity (Wildman–Crippen MR) is 118 cm³/mol. The molecule has 0 aliphatic carbocycles. The Morgan fingerprint density at radius 1 is 0.968 bits per heavy atom. The van der Waals surface area contributed by atoms with Crippen LogP contribution in [0.1, 0.15) is 39.6 Å². The molecule has 2 aliphatic heterocycles. The fourth-order valence-corrected chi connectivity index (χ4v) is 4.10. The molecule has 0 saturated heterocycles. The molecule has 2 heterocycles. The van der Waals surface area contributed by atoms with E-state index in [1.165, 1.54) is 4.90 Å². The number of ether oxygens (including phenoxy) is 1. The quantitative estimate of drug-likeness (QED) is 0.613. The number of hydrogen-bond donors (Lipinski definition) is 0. The second kappa shape index (κ2) is 8.89. The van der Waals surface area contributed by atoms with Crippen LogP contribution in [-0.4, -0.2) is 67.4 Å². The Labute approximate surface area is 182 Å². The molecular weight excluding hydrogens is 394 g/mol. The van der Waals surface area contributed by atoms with Gasteiger partial charge in [-0.05, 0) is 49.2 Å². The maximum absolute atomic E-state index is 12.6. The lowest BCUT2D eigenvalue weighted by atomic mass is 10.1. The largest absolute Gasteiger partial charge is 0.482 e. The lowest BCUT2D eigenvalue weighted by Gasteiger charge is -2.27. The molecule has 0 N–H and O–H groups in total. The molecule has 0 fully saturated rings. The monoisotopic (exact) mass is 421 g/mol. The highest BCUT2D eigenvalue weighted by Gasteiger charge is 2.34. The first kappa shape index (κ1) is 21.1. The van der Waals surface area contributed by atoms with Gasteiger partial charge < -0.3 is 14.5 Å². The van der Waals surface area contributed by atoms with E-state index >= 15 is 0 Å². The molecule has 0 radical (unpaired) electrons. The lowest BCUT2D eigenvalue weighted by molar-refractivity contribution is -0.121. The third kappa shape index (κ3) is 4.18. The Hall–Kier alpha value is -3.19. The van der Waals surface area contributed by atoms with Crippen LogP contribution in [0.5, 0.6) is 5.75 Å². The molecule has 31 heavy (non-hydrogen) atoms. The second-order valence-corrected chi connectivity index (χ2v) is 7.94. The third-order valence-corrected chi connectivity index (χ3v) is 5.89. The van der Waals surface area contributed by atoms with Crippen LogP contribution in [0.3, 0.4) is 0 Å². The minimum atomic E-state index is -0.206. The predicted octanol–water partition coefficient (Wildman–Crippen LogP) is 2.59. The van der Waals surface area contributed by atoms with Crippen molar-refractivity contribution in [1.29, 1.82) is 0 Å². The standard InChI is InChI=1S/C24H27N3O4/c1-3-11-26(13-14-27-23(29)18-6-4-5-7-19(18)24(27)30)12-10-17-8-9-20-21(15-17)31-16-22(28)25(20)2/h4-9,15H,3,10-14,16H2,1-2H3. The number of imide groups is 1. The average Bonchev–Trinajstić information content (AvgIpc) is 3.03. The summed E-state index contributed by atoms with van der Waals surface area (Å²) in [5, 5.41) is 0. The van der Waals surface area contributed by atoms with Crippen molar-refractivity contribution in [3.63, 3.8) is 0 Å². The molecule has 3 amide bonds. The fourth-order valence-electron chi connectivity index (χ4n) is 4.10. The number of carbonyl (C=O) groups excluding carboxylic acids is 3. The summed E-state index contributed by atoms with van der Waals surface area (Å²) in [4.78, 5) is 42.2. The lowest BCUT2D eigenvalue weighted by Crippen LogP contribution is -2.39. The van der Waals surface area contributed by atoms with E-state index in [1.54, 1.807) is 36.2 Å². The molecule has 7 nitrogen and oxygen atoms in total. The molecule has 4 rings (SSSR count). The Morgan fingerprint density at radius 3 is 2.35 bits per heavy atom. The summed E-state index contributed by atoms with van der Waals surface area (Å²) in [6, 6.07) is 12.9. The van der Waals surface area contributed by atoms with Crippen molar-refractivity contribution in [2.24, 2.45) is 0 Å². The Bertz CT molecular complexity index is 985. The van der Waals surface area contributed by atoms with Crippen molar-refractivity contribution in [1.82, 2.24) is 9.80 Å². The maximum Gasteiger partial charge on any atom is 0.264 e. The van der Waals surface area contributed by atoms with Crippen molar-refractivity contribution in [3.8, 4) is 5.75 Å². The number of hydrogen-bond acceptors (Lipinski definition) is 5. The number of carbonyl (C=O) groups is 3. The van der Waals surface area contributed by atoms with Gasteiger partial charge in [-0.2, -0.15) is 0 Å². The highest BCUT2D eigenvalue weighted by Crippen LogP contribution is 2.32. The summed E-state index contributed by atoms with van der Waals surface area (Å²) in [5.74, 6) is 0.264. The van der Waals surface area contributed by atoms with Crippen molar-refractivity contribution in [2.45, 2.75) is 19.8 Å². The first-order chi connectivity index (χ1) is 15.0. The van der Waals surface area contributed by atoms with Crippen molar-refractivity contribution >= 4 is 23.4 Å². The van der Waals surface area contributed by atoms with Crippen molar-refractivity contribution in [3.05, 3.63) is 59.2 Å². The molecule has 2 aromatic carbocycles. The number of anilines is 1. The molecule has 2 aliphatic rings. The number of amides is 3. The number of nitrogens with zero attached hydrogens (tertiary/aromatic N) is 3. The summed E-state index contributed by atoms with van der Waals surface area (Å²) in [5.41, 5.74) is 2.90. The van der Waals surface area contributed by atoms with Crippen LogP contribution in [0, 0.1) is 0 Å². The minimum Gasteiger partial charge on any atom is -0.482 e. The smallest absolute Gasteiger partial charge is 0.264 e. The Morgan fingerprint density at radius 2 is 1.68 bits per heavy atom. The van der Waals surface area contributed by atoms with Gasteiger partial charge in [-0.25, -0.2) is 0 Å². The summed E-state index contributed by atoms with van der Waals surface area (Å²) < 4.78 is 5.58. The van der Waals surface area contributed by atoms with Gasteiger partial charge in [0.25, 0.3) is 17.7 Å². The maximum atomic E-state index is 12.6. The van der Waals surface area contributed by atoms with Crippen LogP contribution < -0.4 is 9.64 Å². The van der Waals surface area contributed by atoms with E-state index in [0.29, 0.717) is 24.2 Å². The Balaban J connectivity index is 1.37. The zero-order chi connectivity index (χ0) is 22.0. The van der Waals surface area contributed by atoms with Crippen LogP contribution in [0.25, 0.3) is 0 Å². The van der Waals surface area contributed by atoms with E-state index in [-0.39, 0.29) is 24.3 Å². The van der Waals surface area contributed by atoms with Crippen LogP contribution in [0.4, 0.5) is 5.69 Å². The van der Waals surface area contributed by atoms with Gasteiger partial charge in [0.2, 0.25) is 0 Å². The first-order valence-corrected chi connectivity index (χ1v) is 10.7. The molecule has 0 spiro atoms. The molecule has 2 aromatic rings. The number of benzene rings is 2. The molecule has 0 atom stereocenters. The zero-order valence-corrected chi connectivity index (χ0v) is 18.0. The summed E-state index contributed by atoms with van der Waals surface area (Å²) in [6.45, 7) is 4.90. The molecule has 162 valence electrons. The second-order valence-electron chi connectivity index (χ2n) is 7.94. The van der Waals surface area contributed by atoms with Gasteiger partial charge in [0.05, 0.1) is 16.8 Å². The average molecular weight is 421 g/mol. The zero-order valence-electron chi connectivity index (χ0n) is 18.0. The summed E-state index contributed by atoms with van der Waals surface area (Å²) >= 11 is 0. The van der Waals surface area contributed by atoms with Gasteiger partial charge in [0, 0.05) is 26.7 Å². The molecule has 0 aromatic heterocycles. The van der Waals surface area contributed by atoms with Gasteiger partial charge in [-0.3, -0.25) is 19.3 Å². The minimum absolute atomic E-state index is 0.0532. The van der Waals surface area contributed by atoms with Gasteiger partial charge in [0.1, 0.15) is 5.75 Å². The summed E-state index contributed by atoms with van der Waals surface area (Å²) in [7, 11) is 1.76. The highest BCUT2D eigenvalue weighted by atomic mass is 16.5. The topological polar surface area (TPSA) is 70.2 Å². The third-order valence-electron chi connectivity index (χ3n) is 5.89. The fraction of sp³-hybridized carbons (Fsp3) is 0.375. The number of likely N-dealkylation sites (N-methyl/N-ethyl adjacent to an activating group) is 1. The van der Waals surface area contributed by atoms with Gasteiger partial charge >= 0.3 is 0 Å². The molecule has 7 heteroatoms. The van der Waals surface area contributed by atoms with Gasteiger partial charge in [-0.15, -0.1) is 0 Å². The normalized spacial score (nSPS) is 15.4. The molecule has 0 bridgehead atoms. The molecule has 0 saturated carbocycles. The van der Waals surface area contributed by atoms with Crippen LogP contribution in [0.2, 0.25) is 0 Å². The van der Waals surface area contributed by atoms with E-state index in [9.17, 15) is 14.4 Å². The summed E-state index contributed by atoms with van der Waals surface area (Å²) in [6.07, 6.45) is 1.80. The SMILES string of the molecule is CCCN(CCc1ccc2c(c1)OCC(=O)N2C)CCN1C(=O)c2ccccc2C1=O. The van der Waals surface area contributed by atoms with Crippen LogP contribution >= 0.6 is 0 Å². The molecule has 0 unspecified atom stereocenters. The van der Waals surface area contributed by atoms with E-state index in [0.717, 1.165) is 42.9 Å². The van der Waals surface area contributed by atoms with Gasteiger partial charge in [-0.1, -0.05) is 25.1 Å². The van der Waals surface area contributed by atoms with Crippen molar-refractivity contribution in [2.75, 3.05) is 44.7 Å². The molecular formula is C24H27N3O4. The number of rotatable bonds is 8. The van der Waals surface area contributed by atoms with Crippen molar-refractivity contribution < 1.29 is 19.1 Å². The van der Waals surface area contributed by atoms with E-state index < -0.39 is 0 Å². The Kier molecular flexibility index (Phi) is 6.04. The van der Waals surface area contributed by atoms with Gasteiger partial charge in [0.15, 0.2) is 6.61 Å². The number of fused-ring (bicyclic) bond motifs is 2.